The van der Waals surface area contributed by atoms with Gasteiger partial charge in [0.15, 0.2) is 6.04 Å². The summed E-state index contributed by atoms with van der Waals surface area (Å²) < 4.78 is 732. The zero-order chi connectivity index (χ0) is 84.0. The Hall–Kier alpha value is -5.18. The number of alkyl carbamates (subject to hydrolysis) is 1. The van der Waals surface area contributed by atoms with Crippen LogP contribution in [0.3, 0.4) is 0 Å². The van der Waals surface area contributed by atoms with Crippen LogP contribution in [0, 0.1) is 5.92 Å². The Bertz CT molecular complexity index is 2690. The van der Waals surface area contributed by atoms with Crippen LogP contribution < -0.4 is 10.6 Å². The quantitative estimate of drug-likeness (QED) is 0.0327. The van der Waals surface area contributed by atoms with Crippen molar-refractivity contribution in [2.75, 3.05) is 13.7 Å². The Morgan fingerprint density at radius 2 is 0.515 bits per heavy atom. The van der Waals surface area contributed by atoms with E-state index in [1.165, 1.54) is 5.32 Å². The summed E-state index contributed by atoms with van der Waals surface area (Å²) in [5.41, 5.74) is 0. The minimum absolute atomic E-state index is 0.485. The molecule has 0 aliphatic heterocycles. The molecule has 0 radical (unpaired) electrons. The first kappa shape index (κ1) is 97.8. The predicted molar refractivity (Wildman–Crippen MR) is 230 cm³/mol. The number of hydrogen-bond acceptors (Lipinski definition) is 6. The highest BCUT2D eigenvalue weighted by molar-refractivity contribution is 6.80. The van der Waals surface area contributed by atoms with E-state index in [0.29, 0.717) is 27.9 Å². The summed E-state index contributed by atoms with van der Waals surface area (Å²) in [7, 11) is -7.41. The number of rotatable bonds is 36. The van der Waals surface area contributed by atoms with E-state index in [0.717, 1.165) is 5.32 Å². The fourth-order valence-corrected chi connectivity index (χ4v) is 12.5. The predicted octanol–water partition coefficient (Wildman–Crippen LogP) is 18.4. The van der Waals surface area contributed by atoms with Gasteiger partial charge in [-0.25, -0.2) is 9.59 Å². The van der Waals surface area contributed by atoms with Gasteiger partial charge in [-0.1, -0.05) is 32.0 Å². The van der Waals surface area contributed by atoms with E-state index in [1.54, 1.807) is 0 Å². The monoisotopic (exact) mass is 1670 g/mol. The summed E-state index contributed by atoms with van der Waals surface area (Å²) in [5, 5.41) is 12.5. The molecular formula is C43H35F51N2O6Si. The van der Waals surface area contributed by atoms with Gasteiger partial charge in [-0.15, -0.1) is 0 Å². The third-order valence-corrected chi connectivity index (χ3v) is 19.8. The number of carbonyl (C=O) groups is 3. The van der Waals surface area contributed by atoms with E-state index >= 15 is 52.7 Å². The molecule has 103 heavy (non-hydrogen) atoms. The number of amides is 2. The summed E-state index contributed by atoms with van der Waals surface area (Å²) in [6, 6.07) is -20.1. The van der Waals surface area contributed by atoms with Gasteiger partial charge in [0.05, 0.1) is 27.9 Å². The number of methoxy groups -OCH3 is 1. The first-order valence-corrected chi connectivity index (χ1v) is 28.2. The second-order valence-corrected chi connectivity index (χ2v) is 26.9. The Balaban J connectivity index is 9.50. The van der Waals surface area contributed by atoms with Crippen LogP contribution in [0.1, 0.15) is 40.0 Å². The van der Waals surface area contributed by atoms with E-state index in [2.05, 4.69) is 9.47 Å². The molecule has 3 atom stereocenters. The van der Waals surface area contributed by atoms with Crippen molar-refractivity contribution in [3.8, 4) is 0 Å². The zero-order valence-corrected chi connectivity index (χ0v) is 49.7. The minimum Gasteiger partial charge on any atom is -0.467 e. The highest BCUT2D eigenvalue weighted by Gasteiger charge is 2.99. The third kappa shape index (κ3) is 15.4. The molecule has 3 N–H and O–H groups in total. The van der Waals surface area contributed by atoms with Crippen LogP contribution in [0.5, 0.6) is 0 Å². The maximum atomic E-state index is 15.6. The lowest BCUT2D eigenvalue weighted by Crippen LogP contribution is -2.74. The summed E-state index contributed by atoms with van der Waals surface area (Å²) in [4.78, 5) is 37.9. The maximum Gasteiger partial charge on any atom is 0.460 e. The van der Waals surface area contributed by atoms with Gasteiger partial charge in [-0.2, -0.15) is 224 Å². The molecule has 0 aromatic rings. The van der Waals surface area contributed by atoms with Crippen molar-refractivity contribution in [3.05, 3.63) is 0 Å². The van der Waals surface area contributed by atoms with Crippen LogP contribution in [0.4, 0.5) is 229 Å². The van der Waals surface area contributed by atoms with E-state index in [-0.39, 0.29) is 0 Å². The number of esters is 1. The normalized spacial score (nSPS) is 16.9. The van der Waals surface area contributed by atoms with Crippen LogP contribution in [0.25, 0.3) is 0 Å². The average Bonchev–Trinajstić information content (AvgIpc) is 0.706. The molecule has 0 bridgehead atoms. The Morgan fingerprint density at radius 1 is 0.311 bits per heavy atom. The van der Waals surface area contributed by atoms with E-state index in [9.17, 15) is 191 Å². The Kier molecular flexibility index (Phi) is 26.7. The molecule has 0 saturated heterocycles. The number of aliphatic hydroxyl groups excluding tert-OH is 1. The standard InChI is InChI=1S/C43H35F51N2O6Si/c1-13(2)15(17(98)95-16(14(3)97)18(99)101-4)96-19(100)102-8-12-103(9-5-20(44,45)23(50,51)26(56,57)29(62,63)32(68,69)35(74,75)38(80,81)41(86,87)88,10-6-21(46,47)24(52,53)27(58,59)30(64,65)33(70,71)36(76,77)39(82,83)42(89,90)91)11-7-22(48,49)25(54,55)28(60,61)31(66,67)34(72,73)37(78,79)40(84,85)43(92,93)94/h13-16,97H,5-12H2,1-4H3,(H,95,98)(H,96,100)/t14-,15+,16+/m1/s1. The van der Waals surface area contributed by atoms with Gasteiger partial charge >= 0.3 is 155 Å². The molecular weight excluding hydrogens is 1640 g/mol. The van der Waals surface area contributed by atoms with Gasteiger partial charge in [-0.3, -0.25) is 4.79 Å². The van der Waals surface area contributed by atoms with Crippen LogP contribution in [-0.4, -0.2) is 206 Å². The van der Waals surface area contributed by atoms with Crippen LogP contribution in [-0.2, 0) is 19.1 Å². The fraction of sp³-hybridized carbons (Fsp3) is 0.930. The minimum atomic E-state index is -9.79. The second-order valence-electron chi connectivity index (χ2n) is 21.9. The fourth-order valence-electron chi connectivity index (χ4n) is 7.89. The van der Waals surface area contributed by atoms with E-state index < -0.39 is 243 Å². The largest absolute Gasteiger partial charge is 0.467 e. The summed E-state index contributed by atoms with van der Waals surface area (Å²) in [6.07, 6.45) is -44.7. The molecule has 2 amide bonds. The maximum absolute atomic E-state index is 15.6. The molecule has 0 aliphatic carbocycles. The topological polar surface area (TPSA) is 114 Å². The molecule has 0 aromatic heterocycles. The molecule has 0 rings (SSSR count). The second kappa shape index (κ2) is 28.1. The number of halogens is 51. The van der Waals surface area contributed by atoms with E-state index in [4.69, 9.17) is 0 Å². The van der Waals surface area contributed by atoms with Crippen molar-refractivity contribution < 1.29 is 253 Å². The van der Waals surface area contributed by atoms with Gasteiger partial charge in [-0.05, 0) is 18.9 Å². The molecule has 0 fully saturated rings. The number of aliphatic hydroxyl groups is 1. The SMILES string of the molecule is COC(=O)[C@@H](NC(=O)[C@@H](NC(=O)OCC[Si](CCC(F)(F)C(F)(F)C(F)(F)C(F)(F)C(F)(F)C(F)(F)C(F)(F)C(F)(F)F)(CCC(F)(F)C(F)(F)C(F)(F)C(F)(F)C(F)(F)C(F)(F)C(F)(F)C(F)(F)F)CCC(F)(F)C(F)(F)C(F)(F)C(F)(F)C(F)(F)C(F)(F)C(F)(F)C(F)(F)F)C(C)C)[C@@H](C)O. The highest BCUT2D eigenvalue weighted by atomic mass is 28.3. The third-order valence-electron chi connectivity index (χ3n) is 14.6. The number of ether oxygens (including phenoxy) is 2. The van der Waals surface area contributed by atoms with Crippen molar-refractivity contribution in [3.63, 3.8) is 0 Å². The van der Waals surface area contributed by atoms with Crippen molar-refractivity contribution in [1.82, 2.24) is 10.6 Å². The average molecular weight is 1670 g/mol. The summed E-state index contributed by atoms with van der Waals surface area (Å²) >= 11 is 0. The summed E-state index contributed by atoms with van der Waals surface area (Å²) in [5.74, 6) is -202. The van der Waals surface area contributed by atoms with Crippen molar-refractivity contribution in [2.45, 2.75) is 225 Å². The number of nitrogens with one attached hydrogen (secondary N) is 2. The van der Waals surface area contributed by atoms with Gasteiger partial charge in [0.2, 0.25) is 5.91 Å². The molecule has 614 valence electrons. The molecule has 0 saturated carbocycles. The molecule has 0 heterocycles. The lowest BCUT2D eigenvalue weighted by Gasteiger charge is -2.44. The van der Waals surface area contributed by atoms with E-state index in [1.807, 2.05) is 0 Å². The van der Waals surface area contributed by atoms with Crippen molar-refractivity contribution in [2.24, 2.45) is 5.92 Å². The summed E-state index contributed by atoms with van der Waals surface area (Å²) in [6.45, 7) is -0.930. The van der Waals surface area contributed by atoms with Crippen molar-refractivity contribution in [1.29, 1.82) is 0 Å². The van der Waals surface area contributed by atoms with Gasteiger partial charge in [0, 0.05) is 19.3 Å². The van der Waals surface area contributed by atoms with Crippen molar-refractivity contribution >= 4 is 26.0 Å². The van der Waals surface area contributed by atoms with Gasteiger partial charge in [0.25, 0.3) is 0 Å². The Labute approximate surface area is 534 Å². The lowest BCUT2D eigenvalue weighted by atomic mass is 9.88. The Morgan fingerprint density at radius 3 is 0.699 bits per heavy atom. The molecule has 0 spiro atoms. The van der Waals surface area contributed by atoms with Gasteiger partial charge in [0.1, 0.15) is 6.04 Å². The van der Waals surface area contributed by atoms with Crippen LogP contribution in [0.15, 0.2) is 0 Å². The number of hydrogen-bond donors (Lipinski definition) is 3. The number of carbonyl (C=O) groups excluding carboxylic acids is 3. The molecule has 60 heteroatoms. The first-order chi connectivity index (χ1) is 44.3. The molecule has 8 nitrogen and oxygen atoms in total. The molecule has 0 aromatic carbocycles. The highest BCUT2D eigenvalue weighted by Crippen LogP contribution is 2.69. The van der Waals surface area contributed by atoms with Gasteiger partial charge < -0.3 is 25.2 Å². The smallest absolute Gasteiger partial charge is 0.460 e. The lowest BCUT2D eigenvalue weighted by molar-refractivity contribution is -0.461. The van der Waals surface area contributed by atoms with Crippen LogP contribution >= 0.6 is 0 Å². The van der Waals surface area contributed by atoms with Crippen LogP contribution in [0.2, 0.25) is 24.2 Å². The number of alkyl halides is 51. The molecule has 0 unspecified atom stereocenters. The first-order valence-electron chi connectivity index (χ1n) is 25.4. The zero-order valence-electron chi connectivity index (χ0n) is 48.7. The molecule has 0 aliphatic rings.